The van der Waals surface area contributed by atoms with Crippen molar-refractivity contribution >= 4 is 39.2 Å². The van der Waals surface area contributed by atoms with Gasteiger partial charge in [0.25, 0.3) is 11.8 Å². The zero-order valence-corrected chi connectivity index (χ0v) is 37.7. The third-order valence-electron chi connectivity index (χ3n) is 13.9. The van der Waals surface area contributed by atoms with E-state index in [1.54, 1.807) is 24.3 Å². The van der Waals surface area contributed by atoms with Gasteiger partial charge in [-0.25, -0.2) is 8.42 Å². The number of aryl methyl sites for hydroxylation is 1. The number of sulfone groups is 1. The van der Waals surface area contributed by atoms with Crippen molar-refractivity contribution in [3.63, 3.8) is 0 Å². The average molecular weight is 883 g/mol. The van der Waals surface area contributed by atoms with Crippen LogP contribution in [0, 0.1) is 0 Å². The SMILES string of the molecule is CCOc1cc([C@@H](CS(C)(=O)=O)N2C(=O)c3cccc(N4CCN(C5CCN(C6CCN(CCCc7ccc(C8CCC(=O)NC8=O)cc7)CC6)CC5)CC4)c3C2=O)ccc1OC. The van der Waals surface area contributed by atoms with Crippen molar-refractivity contribution in [3.8, 4) is 11.5 Å². The van der Waals surface area contributed by atoms with Gasteiger partial charge in [-0.3, -0.25) is 34.3 Å². The third-order valence-corrected chi connectivity index (χ3v) is 14.8. The van der Waals surface area contributed by atoms with Gasteiger partial charge in [-0.05, 0) is 126 Å². The number of carbonyl (C=O) groups is 4. The van der Waals surface area contributed by atoms with Crippen LogP contribution in [-0.4, -0.2) is 148 Å². The van der Waals surface area contributed by atoms with Gasteiger partial charge < -0.3 is 24.2 Å². The molecule has 63 heavy (non-hydrogen) atoms. The number of likely N-dealkylation sites (tertiary alicyclic amines) is 2. The van der Waals surface area contributed by atoms with Gasteiger partial charge in [-0.2, -0.15) is 0 Å². The first-order valence-electron chi connectivity index (χ1n) is 22.8. The fourth-order valence-corrected chi connectivity index (χ4v) is 11.4. The van der Waals surface area contributed by atoms with E-state index < -0.39 is 33.4 Å². The largest absolute Gasteiger partial charge is 0.493 e. The number of piperazine rings is 1. The molecule has 0 aromatic heterocycles. The summed E-state index contributed by atoms with van der Waals surface area (Å²) in [6.45, 7) is 11.0. The Labute approximate surface area is 371 Å². The molecule has 15 heteroatoms. The van der Waals surface area contributed by atoms with Gasteiger partial charge in [-0.15, -0.1) is 0 Å². The van der Waals surface area contributed by atoms with Crippen LogP contribution < -0.4 is 19.7 Å². The number of piperidine rings is 3. The Bertz CT molecular complexity index is 2260. The van der Waals surface area contributed by atoms with Crippen molar-refractivity contribution < 1.29 is 37.1 Å². The summed E-state index contributed by atoms with van der Waals surface area (Å²) >= 11 is 0. The van der Waals surface area contributed by atoms with Crippen LogP contribution in [0.25, 0.3) is 0 Å². The van der Waals surface area contributed by atoms with Crippen LogP contribution in [-0.2, 0) is 25.8 Å². The highest BCUT2D eigenvalue weighted by Crippen LogP contribution is 2.40. The molecule has 0 radical (unpaired) electrons. The Morgan fingerprint density at radius 3 is 2.11 bits per heavy atom. The first-order valence-corrected chi connectivity index (χ1v) is 24.8. The van der Waals surface area contributed by atoms with E-state index in [0.717, 1.165) is 107 Å². The van der Waals surface area contributed by atoms with Crippen molar-refractivity contribution in [2.45, 2.75) is 82.3 Å². The number of nitrogens with zero attached hydrogens (tertiary/aromatic N) is 5. The molecule has 0 aliphatic carbocycles. The first-order chi connectivity index (χ1) is 30.4. The fraction of sp³-hybridized carbons (Fsp3) is 0.542. The van der Waals surface area contributed by atoms with Gasteiger partial charge in [0.2, 0.25) is 11.8 Å². The number of anilines is 1. The molecule has 3 aromatic carbocycles. The van der Waals surface area contributed by atoms with Crippen molar-refractivity contribution in [2.75, 3.05) is 89.5 Å². The lowest BCUT2D eigenvalue weighted by atomic mass is 9.90. The Balaban J connectivity index is 0.801. The predicted octanol–water partition coefficient (Wildman–Crippen LogP) is 4.68. The van der Waals surface area contributed by atoms with Gasteiger partial charge in [0.15, 0.2) is 11.5 Å². The van der Waals surface area contributed by atoms with Crippen molar-refractivity contribution in [1.82, 2.24) is 24.9 Å². The molecule has 4 amide bonds. The number of hydrogen-bond acceptors (Lipinski definition) is 12. The smallest absolute Gasteiger partial charge is 0.264 e. The highest BCUT2D eigenvalue weighted by molar-refractivity contribution is 7.90. The van der Waals surface area contributed by atoms with Gasteiger partial charge in [0, 0.05) is 50.9 Å². The maximum atomic E-state index is 14.4. The van der Waals surface area contributed by atoms with E-state index in [2.05, 4.69) is 37.0 Å². The molecule has 2 atom stereocenters. The normalized spacial score (nSPS) is 21.7. The standard InChI is InChI=1S/C48H62N6O8S/c1-4-62-43-31-35(14-16-42(43)61-2)41(32-63(3,59)60)54-47(57)39-8-5-9-40(45(39)48(54)58)53-29-27-52(28-30-53)37-20-25-51(26-21-37)36-18-23-50(24-19-36)22-6-7-33-10-12-34(13-11-33)38-15-17-44(55)49-46(38)56/h5,8-14,16,31,36-38,41H,4,6-7,15,17-30,32H2,1-3H3,(H,49,55,56)/t38?,41-/m1/s1. The summed E-state index contributed by atoms with van der Waals surface area (Å²) in [6, 6.07) is 18.9. The van der Waals surface area contributed by atoms with E-state index in [0.29, 0.717) is 59.7 Å². The summed E-state index contributed by atoms with van der Waals surface area (Å²) < 4.78 is 36.7. The maximum Gasteiger partial charge on any atom is 0.264 e. The molecule has 5 heterocycles. The van der Waals surface area contributed by atoms with Gasteiger partial charge in [0.05, 0.1) is 48.2 Å². The van der Waals surface area contributed by atoms with E-state index >= 15 is 0 Å². The number of fused-ring (bicyclic) bond motifs is 1. The molecule has 5 aliphatic rings. The van der Waals surface area contributed by atoms with E-state index in [4.69, 9.17) is 9.47 Å². The number of nitrogens with one attached hydrogen (secondary N) is 1. The summed E-state index contributed by atoms with van der Waals surface area (Å²) in [7, 11) is -2.09. The Kier molecular flexibility index (Phi) is 13.9. The zero-order valence-electron chi connectivity index (χ0n) is 36.9. The van der Waals surface area contributed by atoms with Crippen LogP contribution in [0.2, 0.25) is 0 Å². The molecule has 3 aromatic rings. The number of benzene rings is 3. The van der Waals surface area contributed by atoms with Crippen molar-refractivity contribution in [1.29, 1.82) is 0 Å². The summed E-state index contributed by atoms with van der Waals surface area (Å²) in [4.78, 5) is 63.4. The van der Waals surface area contributed by atoms with Crippen molar-refractivity contribution in [2.24, 2.45) is 0 Å². The lowest BCUT2D eigenvalue weighted by Gasteiger charge is -2.46. The van der Waals surface area contributed by atoms with Crippen LogP contribution >= 0.6 is 0 Å². The molecule has 5 aliphatic heterocycles. The molecule has 4 fully saturated rings. The second-order valence-corrected chi connectivity index (χ2v) is 20.0. The van der Waals surface area contributed by atoms with Crippen LogP contribution in [0.4, 0.5) is 5.69 Å². The number of amides is 4. The minimum Gasteiger partial charge on any atom is -0.493 e. The van der Waals surface area contributed by atoms with Crippen molar-refractivity contribution in [3.05, 3.63) is 88.5 Å². The van der Waals surface area contributed by atoms with E-state index in [-0.39, 0.29) is 17.7 Å². The molecule has 8 rings (SSSR count). The number of methoxy groups -OCH3 is 1. The predicted molar refractivity (Wildman–Crippen MR) is 241 cm³/mol. The average Bonchev–Trinajstić information content (AvgIpc) is 3.54. The molecule has 0 spiro atoms. The Hall–Kier alpha value is -4.83. The van der Waals surface area contributed by atoms with Gasteiger partial charge >= 0.3 is 0 Å². The van der Waals surface area contributed by atoms with Crippen LogP contribution in [0.15, 0.2) is 60.7 Å². The number of imide groups is 2. The van der Waals surface area contributed by atoms with Crippen LogP contribution in [0.5, 0.6) is 11.5 Å². The van der Waals surface area contributed by atoms with E-state index in [1.165, 1.54) is 25.5 Å². The molecule has 0 bridgehead atoms. The molecule has 1 unspecified atom stereocenters. The lowest BCUT2D eigenvalue weighted by molar-refractivity contribution is -0.134. The molecule has 338 valence electrons. The lowest BCUT2D eigenvalue weighted by Crippen LogP contribution is -2.55. The van der Waals surface area contributed by atoms with E-state index in [9.17, 15) is 27.6 Å². The van der Waals surface area contributed by atoms with Gasteiger partial charge in [-0.1, -0.05) is 36.4 Å². The molecular formula is C48H62N6O8S. The van der Waals surface area contributed by atoms with Crippen LogP contribution in [0.1, 0.15) is 101 Å². The summed E-state index contributed by atoms with van der Waals surface area (Å²) in [6.07, 6.45) is 8.89. The van der Waals surface area contributed by atoms with E-state index in [1.807, 2.05) is 31.2 Å². The number of ether oxygens (including phenoxy) is 2. The monoisotopic (exact) mass is 882 g/mol. The maximum absolute atomic E-state index is 14.4. The van der Waals surface area contributed by atoms with Crippen LogP contribution in [0.3, 0.4) is 0 Å². The molecule has 0 saturated carbocycles. The molecule has 1 N–H and O–H groups in total. The Morgan fingerprint density at radius 1 is 0.778 bits per heavy atom. The Morgan fingerprint density at radius 2 is 1.46 bits per heavy atom. The second-order valence-electron chi connectivity index (χ2n) is 17.8. The zero-order chi connectivity index (χ0) is 44.3. The minimum absolute atomic E-state index is 0.181. The first kappa shape index (κ1) is 44.8. The molecule has 4 saturated heterocycles. The fourth-order valence-electron chi connectivity index (χ4n) is 10.5. The number of rotatable bonds is 15. The third kappa shape index (κ3) is 10.1. The minimum atomic E-state index is -3.61. The highest BCUT2D eigenvalue weighted by Gasteiger charge is 2.44. The summed E-state index contributed by atoms with van der Waals surface area (Å²) in [5.74, 6) is -1.11. The quantitative estimate of drug-likeness (QED) is 0.212. The number of hydrogen-bond donors (Lipinski definition) is 1. The highest BCUT2D eigenvalue weighted by atomic mass is 32.2. The molecule has 14 nitrogen and oxygen atoms in total. The molecular weight excluding hydrogens is 821 g/mol. The number of carbonyl (C=O) groups excluding carboxylic acids is 4. The summed E-state index contributed by atoms with van der Waals surface area (Å²) in [5.41, 5.74) is 4.10. The topological polar surface area (TPSA) is 149 Å². The second kappa shape index (κ2) is 19.5. The van der Waals surface area contributed by atoms with Gasteiger partial charge in [0.1, 0.15) is 9.84 Å². The summed E-state index contributed by atoms with van der Waals surface area (Å²) in [5, 5.41) is 2.46.